The highest BCUT2D eigenvalue weighted by molar-refractivity contribution is 5.66. The second kappa shape index (κ2) is 13.6. The molecule has 0 aliphatic rings. The Morgan fingerprint density at radius 2 is 0.719 bits per heavy atom. The minimum atomic E-state index is 1.11. The molecule has 32 heavy (non-hydrogen) atoms. The molecule has 0 saturated heterocycles. The Bertz CT molecular complexity index is 803. The van der Waals surface area contributed by atoms with Gasteiger partial charge in [-0.2, -0.15) is 0 Å². The first kappa shape index (κ1) is 23.9. The van der Waals surface area contributed by atoms with Gasteiger partial charge in [0, 0.05) is 22.7 Å². The molecule has 0 atom stereocenters. The zero-order valence-corrected chi connectivity index (χ0v) is 20.0. The normalized spacial score (nSPS) is 10.8. The summed E-state index contributed by atoms with van der Waals surface area (Å²) in [5.41, 5.74) is 7.34. The highest BCUT2D eigenvalue weighted by Gasteiger charge is 2.00. The molecule has 0 aromatic heterocycles. The van der Waals surface area contributed by atoms with Crippen LogP contribution in [-0.2, 0) is 12.8 Å². The van der Waals surface area contributed by atoms with E-state index in [1.54, 1.807) is 0 Å². The largest absolute Gasteiger partial charge is 0.356 e. The van der Waals surface area contributed by atoms with Gasteiger partial charge in [-0.1, -0.05) is 76.6 Å². The summed E-state index contributed by atoms with van der Waals surface area (Å²) in [5, 5.41) is 7.01. The van der Waals surface area contributed by atoms with Crippen molar-refractivity contribution in [2.75, 3.05) is 10.6 Å². The number of unbranched alkanes of at least 4 members (excludes halogenated alkanes) is 6. The first-order valence-corrected chi connectivity index (χ1v) is 12.6. The molecule has 0 amide bonds. The van der Waals surface area contributed by atoms with Gasteiger partial charge in [0.15, 0.2) is 0 Å². The molecule has 0 fully saturated rings. The average molecular weight is 429 g/mol. The van der Waals surface area contributed by atoms with Crippen molar-refractivity contribution in [2.24, 2.45) is 0 Å². The van der Waals surface area contributed by atoms with Gasteiger partial charge < -0.3 is 10.6 Å². The van der Waals surface area contributed by atoms with E-state index in [-0.39, 0.29) is 0 Å². The standard InChI is InChI=1S/C30H40N2/c1-3-5-7-9-11-25-13-17-27(18-14-25)31-29-21-23-30(24-22-29)32-28-19-15-26(16-20-28)12-10-8-6-4-2/h13-24,31-32H,3-12H2,1-2H3. The highest BCUT2D eigenvalue weighted by atomic mass is 14.9. The molecule has 0 bridgehead atoms. The predicted molar refractivity (Wildman–Crippen MR) is 142 cm³/mol. The molecule has 0 unspecified atom stereocenters. The summed E-state index contributed by atoms with van der Waals surface area (Å²) >= 11 is 0. The van der Waals surface area contributed by atoms with Crippen LogP contribution in [-0.4, -0.2) is 0 Å². The third kappa shape index (κ3) is 8.42. The van der Waals surface area contributed by atoms with Gasteiger partial charge in [0.1, 0.15) is 0 Å². The fourth-order valence-corrected chi connectivity index (χ4v) is 3.99. The monoisotopic (exact) mass is 428 g/mol. The molecule has 0 spiro atoms. The van der Waals surface area contributed by atoms with Gasteiger partial charge in [-0.15, -0.1) is 0 Å². The number of nitrogens with one attached hydrogen (secondary N) is 2. The zero-order valence-electron chi connectivity index (χ0n) is 20.0. The Hall–Kier alpha value is -2.74. The molecule has 3 aromatic carbocycles. The van der Waals surface area contributed by atoms with Crippen molar-refractivity contribution >= 4 is 22.7 Å². The van der Waals surface area contributed by atoms with E-state index in [1.165, 1.54) is 75.3 Å². The molecule has 0 saturated carbocycles. The number of benzene rings is 3. The average Bonchev–Trinajstić information content (AvgIpc) is 2.83. The maximum absolute atomic E-state index is 3.51. The molecule has 0 radical (unpaired) electrons. The maximum Gasteiger partial charge on any atom is 0.0385 e. The lowest BCUT2D eigenvalue weighted by Gasteiger charge is -2.11. The van der Waals surface area contributed by atoms with E-state index >= 15 is 0 Å². The van der Waals surface area contributed by atoms with Crippen molar-refractivity contribution in [3.05, 3.63) is 83.9 Å². The van der Waals surface area contributed by atoms with E-state index in [9.17, 15) is 0 Å². The van der Waals surface area contributed by atoms with Crippen molar-refractivity contribution in [1.29, 1.82) is 0 Å². The minimum Gasteiger partial charge on any atom is -0.356 e. The quantitative estimate of drug-likeness (QED) is 0.250. The summed E-state index contributed by atoms with van der Waals surface area (Å²) < 4.78 is 0. The van der Waals surface area contributed by atoms with Gasteiger partial charge in [0.25, 0.3) is 0 Å². The number of rotatable bonds is 14. The summed E-state index contributed by atoms with van der Waals surface area (Å²) in [4.78, 5) is 0. The zero-order chi connectivity index (χ0) is 22.4. The van der Waals surface area contributed by atoms with Crippen molar-refractivity contribution < 1.29 is 0 Å². The van der Waals surface area contributed by atoms with Crippen molar-refractivity contribution in [3.8, 4) is 0 Å². The third-order valence-electron chi connectivity index (χ3n) is 6.01. The van der Waals surface area contributed by atoms with Gasteiger partial charge in [-0.25, -0.2) is 0 Å². The van der Waals surface area contributed by atoms with Crippen LogP contribution in [0.2, 0.25) is 0 Å². The number of anilines is 4. The summed E-state index contributed by atoms with van der Waals surface area (Å²) in [6.07, 6.45) is 12.9. The Labute approximate surface area is 195 Å². The molecule has 2 N–H and O–H groups in total. The van der Waals surface area contributed by atoms with E-state index in [4.69, 9.17) is 0 Å². The van der Waals surface area contributed by atoms with Crippen LogP contribution in [0.1, 0.15) is 76.3 Å². The minimum absolute atomic E-state index is 1.11. The van der Waals surface area contributed by atoms with Gasteiger partial charge in [-0.05, 0) is 85.3 Å². The molecule has 0 aliphatic carbocycles. The van der Waals surface area contributed by atoms with Gasteiger partial charge in [0.2, 0.25) is 0 Å². The smallest absolute Gasteiger partial charge is 0.0385 e. The third-order valence-corrected chi connectivity index (χ3v) is 6.01. The molecule has 0 aliphatic heterocycles. The lowest BCUT2D eigenvalue weighted by atomic mass is 10.1. The van der Waals surface area contributed by atoms with Crippen LogP contribution in [0.25, 0.3) is 0 Å². The highest BCUT2D eigenvalue weighted by Crippen LogP contribution is 2.23. The van der Waals surface area contributed by atoms with E-state index in [0.29, 0.717) is 0 Å². The Morgan fingerprint density at radius 3 is 1.03 bits per heavy atom. The van der Waals surface area contributed by atoms with E-state index in [2.05, 4.69) is 97.3 Å². The van der Waals surface area contributed by atoms with E-state index in [1.807, 2.05) is 0 Å². The number of hydrogen-bond acceptors (Lipinski definition) is 2. The van der Waals surface area contributed by atoms with Crippen molar-refractivity contribution in [3.63, 3.8) is 0 Å². The maximum atomic E-state index is 3.51. The van der Waals surface area contributed by atoms with Gasteiger partial charge in [-0.3, -0.25) is 0 Å². The van der Waals surface area contributed by atoms with Crippen LogP contribution in [0.15, 0.2) is 72.8 Å². The molecule has 3 rings (SSSR count). The van der Waals surface area contributed by atoms with Crippen LogP contribution in [0, 0.1) is 0 Å². The van der Waals surface area contributed by atoms with Crippen molar-refractivity contribution in [2.45, 2.75) is 78.1 Å². The lowest BCUT2D eigenvalue weighted by Crippen LogP contribution is -1.94. The lowest BCUT2D eigenvalue weighted by molar-refractivity contribution is 0.667. The second-order valence-electron chi connectivity index (χ2n) is 8.84. The molecular formula is C30H40N2. The summed E-state index contributed by atoms with van der Waals surface area (Å²) in [6, 6.07) is 26.2. The van der Waals surface area contributed by atoms with Gasteiger partial charge >= 0.3 is 0 Å². The Kier molecular flexibility index (Phi) is 10.2. The molecule has 2 heteroatoms. The van der Waals surface area contributed by atoms with Gasteiger partial charge in [0.05, 0.1) is 0 Å². The fourth-order valence-electron chi connectivity index (χ4n) is 3.99. The number of hydrogen-bond donors (Lipinski definition) is 2. The Morgan fingerprint density at radius 1 is 0.406 bits per heavy atom. The summed E-state index contributed by atoms with van der Waals surface area (Å²) in [6.45, 7) is 4.52. The topological polar surface area (TPSA) is 24.1 Å². The van der Waals surface area contributed by atoms with E-state index < -0.39 is 0 Å². The Balaban J connectivity index is 1.45. The summed E-state index contributed by atoms with van der Waals surface area (Å²) in [7, 11) is 0. The molecule has 170 valence electrons. The molecule has 3 aromatic rings. The SMILES string of the molecule is CCCCCCc1ccc(Nc2ccc(Nc3ccc(CCCCCC)cc3)cc2)cc1. The predicted octanol–water partition coefficient (Wildman–Crippen LogP) is 9.42. The first-order chi connectivity index (χ1) is 15.8. The molecule has 2 nitrogen and oxygen atoms in total. The fraction of sp³-hybridized carbons (Fsp3) is 0.400. The van der Waals surface area contributed by atoms with Crippen LogP contribution in [0.5, 0.6) is 0 Å². The first-order valence-electron chi connectivity index (χ1n) is 12.6. The van der Waals surface area contributed by atoms with E-state index in [0.717, 1.165) is 22.7 Å². The van der Waals surface area contributed by atoms with Crippen LogP contribution >= 0.6 is 0 Å². The van der Waals surface area contributed by atoms with Crippen molar-refractivity contribution in [1.82, 2.24) is 0 Å². The summed E-state index contributed by atoms with van der Waals surface area (Å²) in [5.74, 6) is 0. The number of aryl methyl sites for hydroxylation is 2. The second-order valence-corrected chi connectivity index (χ2v) is 8.84. The van der Waals surface area contributed by atoms with Crippen LogP contribution in [0.3, 0.4) is 0 Å². The molecule has 0 heterocycles. The van der Waals surface area contributed by atoms with Crippen LogP contribution in [0.4, 0.5) is 22.7 Å². The molecular weight excluding hydrogens is 388 g/mol. The van der Waals surface area contributed by atoms with Crippen LogP contribution < -0.4 is 10.6 Å².